The molecule has 1 atom stereocenters. The van der Waals surface area contributed by atoms with Gasteiger partial charge in [0.15, 0.2) is 0 Å². The summed E-state index contributed by atoms with van der Waals surface area (Å²) in [6.07, 6.45) is 0.472. The number of rotatable bonds is 6. The topological polar surface area (TPSA) is 32.3 Å². The molecule has 0 fully saturated rings. The summed E-state index contributed by atoms with van der Waals surface area (Å²) in [5.41, 5.74) is 3.49. The largest absolute Gasteiger partial charge is 0.387 e. The summed E-state index contributed by atoms with van der Waals surface area (Å²) in [4.78, 5) is 0. The first kappa shape index (κ1) is 15.0. The first-order chi connectivity index (χ1) is 9.65. The van der Waals surface area contributed by atoms with Crippen molar-refractivity contribution in [3.05, 3.63) is 70.2 Å². The number of hydrogen-bond acceptors (Lipinski definition) is 2. The Morgan fingerprint density at radius 1 is 1.15 bits per heavy atom. The van der Waals surface area contributed by atoms with Crippen molar-refractivity contribution in [2.24, 2.45) is 0 Å². The van der Waals surface area contributed by atoms with Gasteiger partial charge in [-0.15, -0.1) is 0 Å². The summed E-state index contributed by atoms with van der Waals surface area (Å²) in [5, 5.41) is 14.0. The third-order valence-corrected chi connectivity index (χ3v) is 3.52. The first-order valence-electron chi connectivity index (χ1n) is 6.85. The normalized spacial score (nSPS) is 12.3. The van der Waals surface area contributed by atoms with Crippen LogP contribution in [0, 0.1) is 6.92 Å². The maximum Gasteiger partial charge on any atom is 0.0914 e. The minimum atomic E-state index is -0.496. The molecule has 2 N–H and O–H groups in total. The summed E-state index contributed by atoms with van der Waals surface area (Å²) < 4.78 is 0. The lowest BCUT2D eigenvalue weighted by molar-refractivity contribution is 0.175. The van der Waals surface area contributed by atoms with Crippen LogP contribution in [0.15, 0.2) is 48.5 Å². The molecule has 0 aliphatic carbocycles. The molecule has 2 rings (SSSR count). The molecule has 2 nitrogen and oxygen atoms in total. The average Bonchev–Trinajstić information content (AvgIpc) is 2.44. The maximum atomic E-state index is 10.0. The van der Waals surface area contributed by atoms with Crippen molar-refractivity contribution in [3.8, 4) is 0 Å². The second-order valence-corrected chi connectivity index (χ2v) is 5.45. The monoisotopic (exact) mass is 289 g/mol. The minimum Gasteiger partial charge on any atom is -0.387 e. The standard InChI is InChI=1S/C17H20ClNO/c1-13-3-2-4-14(11-13)9-10-19-12-17(20)15-5-7-16(18)8-6-15/h2-8,11,17,19-20H,9-10,12H2,1H3. The van der Waals surface area contributed by atoms with Crippen molar-refractivity contribution in [1.29, 1.82) is 0 Å². The molecule has 0 saturated carbocycles. The number of aliphatic hydroxyl groups excluding tert-OH is 1. The van der Waals surface area contributed by atoms with Crippen molar-refractivity contribution in [2.75, 3.05) is 13.1 Å². The van der Waals surface area contributed by atoms with Crippen LogP contribution in [0.5, 0.6) is 0 Å². The van der Waals surface area contributed by atoms with Crippen LogP contribution in [-0.4, -0.2) is 18.2 Å². The molecule has 0 aromatic heterocycles. The van der Waals surface area contributed by atoms with E-state index in [1.165, 1.54) is 11.1 Å². The predicted octanol–water partition coefficient (Wildman–Crippen LogP) is 3.51. The summed E-state index contributed by atoms with van der Waals surface area (Å²) in [6, 6.07) is 15.8. The quantitative estimate of drug-likeness (QED) is 0.798. The highest BCUT2D eigenvalue weighted by molar-refractivity contribution is 6.30. The molecular formula is C17H20ClNO. The molecule has 0 radical (unpaired) electrons. The Kier molecular flexibility index (Phi) is 5.60. The van der Waals surface area contributed by atoms with Crippen LogP contribution in [0.3, 0.4) is 0 Å². The molecule has 0 amide bonds. The number of halogens is 1. The number of aryl methyl sites for hydroxylation is 1. The first-order valence-corrected chi connectivity index (χ1v) is 7.23. The van der Waals surface area contributed by atoms with E-state index in [0.717, 1.165) is 18.5 Å². The van der Waals surface area contributed by atoms with Crippen LogP contribution >= 0.6 is 11.6 Å². The van der Waals surface area contributed by atoms with Crippen LogP contribution in [0.25, 0.3) is 0 Å². The number of nitrogens with one attached hydrogen (secondary N) is 1. The highest BCUT2D eigenvalue weighted by atomic mass is 35.5. The number of aliphatic hydroxyl groups is 1. The Morgan fingerprint density at radius 2 is 1.90 bits per heavy atom. The highest BCUT2D eigenvalue weighted by Crippen LogP contribution is 2.15. The fraction of sp³-hybridized carbons (Fsp3) is 0.294. The average molecular weight is 290 g/mol. The zero-order valence-corrected chi connectivity index (χ0v) is 12.4. The van der Waals surface area contributed by atoms with Gasteiger partial charge in [0.1, 0.15) is 0 Å². The van der Waals surface area contributed by atoms with Crippen LogP contribution in [0.4, 0.5) is 0 Å². The van der Waals surface area contributed by atoms with Gasteiger partial charge in [-0.3, -0.25) is 0 Å². The van der Waals surface area contributed by atoms with Gasteiger partial charge in [-0.2, -0.15) is 0 Å². The Bertz CT molecular complexity index is 539. The van der Waals surface area contributed by atoms with Crippen molar-refractivity contribution in [3.63, 3.8) is 0 Å². The Morgan fingerprint density at radius 3 is 2.60 bits per heavy atom. The third-order valence-electron chi connectivity index (χ3n) is 3.27. The lowest BCUT2D eigenvalue weighted by Gasteiger charge is -2.12. The molecule has 2 aromatic rings. The molecule has 106 valence electrons. The molecule has 0 spiro atoms. The number of benzene rings is 2. The minimum absolute atomic E-state index is 0.496. The van der Waals surface area contributed by atoms with Crippen molar-refractivity contribution < 1.29 is 5.11 Å². The zero-order valence-electron chi connectivity index (χ0n) is 11.6. The smallest absolute Gasteiger partial charge is 0.0914 e. The van der Waals surface area contributed by atoms with E-state index in [4.69, 9.17) is 11.6 Å². The second kappa shape index (κ2) is 7.44. The van der Waals surface area contributed by atoms with Gasteiger partial charge < -0.3 is 10.4 Å². The predicted molar refractivity (Wildman–Crippen MR) is 84.2 cm³/mol. The van der Waals surface area contributed by atoms with Crippen LogP contribution in [0.1, 0.15) is 22.8 Å². The van der Waals surface area contributed by atoms with E-state index in [9.17, 15) is 5.11 Å². The molecule has 20 heavy (non-hydrogen) atoms. The van der Waals surface area contributed by atoms with Gasteiger partial charge in [-0.25, -0.2) is 0 Å². The summed E-state index contributed by atoms with van der Waals surface area (Å²) in [6.45, 7) is 3.50. The van der Waals surface area contributed by atoms with E-state index >= 15 is 0 Å². The maximum absolute atomic E-state index is 10.0. The van der Waals surface area contributed by atoms with Gasteiger partial charge in [0.2, 0.25) is 0 Å². The molecule has 2 aromatic carbocycles. The Labute approximate surface area is 125 Å². The van der Waals surface area contributed by atoms with Crippen molar-refractivity contribution in [2.45, 2.75) is 19.4 Å². The number of hydrogen-bond donors (Lipinski definition) is 2. The summed E-state index contributed by atoms with van der Waals surface area (Å²) in [7, 11) is 0. The van der Waals surface area contributed by atoms with Gasteiger partial charge in [0.25, 0.3) is 0 Å². The molecule has 0 aliphatic heterocycles. The van der Waals surface area contributed by atoms with Gasteiger partial charge in [-0.1, -0.05) is 53.6 Å². The van der Waals surface area contributed by atoms with Crippen LogP contribution in [-0.2, 0) is 6.42 Å². The second-order valence-electron chi connectivity index (χ2n) is 5.01. The molecule has 0 bridgehead atoms. The molecular weight excluding hydrogens is 270 g/mol. The van der Waals surface area contributed by atoms with E-state index in [-0.39, 0.29) is 0 Å². The molecule has 1 unspecified atom stereocenters. The summed E-state index contributed by atoms with van der Waals surface area (Å²) in [5.74, 6) is 0. The summed E-state index contributed by atoms with van der Waals surface area (Å²) >= 11 is 5.83. The molecule has 0 saturated heterocycles. The zero-order chi connectivity index (χ0) is 14.4. The fourth-order valence-corrected chi connectivity index (χ4v) is 2.27. The molecule has 0 aliphatic rings. The van der Waals surface area contributed by atoms with E-state index in [2.05, 4.69) is 36.5 Å². The van der Waals surface area contributed by atoms with E-state index < -0.39 is 6.10 Å². The van der Waals surface area contributed by atoms with Crippen LogP contribution in [0.2, 0.25) is 5.02 Å². The fourth-order valence-electron chi connectivity index (χ4n) is 2.14. The van der Waals surface area contributed by atoms with Crippen molar-refractivity contribution >= 4 is 11.6 Å². The Hall–Kier alpha value is -1.35. The van der Waals surface area contributed by atoms with E-state index in [0.29, 0.717) is 11.6 Å². The molecule has 0 heterocycles. The SMILES string of the molecule is Cc1cccc(CCNCC(O)c2ccc(Cl)cc2)c1. The van der Waals surface area contributed by atoms with E-state index in [1.807, 2.05) is 12.1 Å². The van der Waals surface area contributed by atoms with Crippen molar-refractivity contribution in [1.82, 2.24) is 5.32 Å². The molecule has 3 heteroatoms. The lowest BCUT2D eigenvalue weighted by atomic mass is 10.1. The van der Waals surface area contributed by atoms with Crippen LogP contribution < -0.4 is 5.32 Å². The van der Waals surface area contributed by atoms with Gasteiger partial charge in [-0.05, 0) is 43.1 Å². The third kappa shape index (κ3) is 4.64. The lowest BCUT2D eigenvalue weighted by Crippen LogP contribution is -2.23. The van der Waals surface area contributed by atoms with E-state index in [1.54, 1.807) is 12.1 Å². The van der Waals surface area contributed by atoms with Gasteiger partial charge in [0, 0.05) is 11.6 Å². The van der Waals surface area contributed by atoms with Gasteiger partial charge >= 0.3 is 0 Å². The highest BCUT2D eigenvalue weighted by Gasteiger charge is 2.06. The van der Waals surface area contributed by atoms with Gasteiger partial charge in [0.05, 0.1) is 6.10 Å². The Balaban J connectivity index is 1.74.